The van der Waals surface area contributed by atoms with E-state index in [1.54, 1.807) is 6.07 Å². The van der Waals surface area contributed by atoms with Gasteiger partial charge < -0.3 is 15.7 Å². The van der Waals surface area contributed by atoms with Crippen LogP contribution in [0.1, 0.15) is 31.2 Å². The Balaban J connectivity index is 1.66. The lowest BCUT2D eigenvalue weighted by Gasteiger charge is -2.18. The van der Waals surface area contributed by atoms with Crippen molar-refractivity contribution in [1.82, 2.24) is 0 Å². The molecule has 0 unspecified atom stereocenters. The Morgan fingerprint density at radius 2 is 1.95 bits per heavy atom. The number of carbonyl (C=O) groups is 3. The number of carbonyl (C=O) groups excluding carboxylic acids is 2. The fraction of sp³-hybridized carbons (Fsp3) is 0.438. The van der Waals surface area contributed by atoms with Gasteiger partial charge in [-0.1, -0.05) is 6.07 Å². The van der Waals surface area contributed by atoms with Crippen LogP contribution in [-0.4, -0.2) is 22.9 Å². The standard InChI is InChI=1S/C16H18N2O4/c19-14-6-4-9-3-5-12(8-13(9)18-14)17-15(20)10-1-2-11(7-10)16(21)22/h3,5,8,10-11H,1-2,4,6-7H2,(H,17,20)(H,18,19)(H,21,22)/t10-,11+/m0/s1. The molecule has 1 aliphatic carbocycles. The molecule has 22 heavy (non-hydrogen) atoms. The lowest BCUT2D eigenvalue weighted by molar-refractivity contribution is -0.141. The van der Waals surface area contributed by atoms with Gasteiger partial charge in [0.1, 0.15) is 0 Å². The summed E-state index contributed by atoms with van der Waals surface area (Å²) in [5.41, 5.74) is 2.43. The fourth-order valence-corrected chi connectivity index (χ4v) is 3.14. The SMILES string of the molecule is O=C1CCc2ccc(NC(=O)[C@H]3CC[C@@H](C(=O)O)C3)cc2N1. The lowest BCUT2D eigenvalue weighted by atomic mass is 10.0. The van der Waals surface area contributed by atoms with Gasteiger partial charge in [-0.2, -0.15) is 0 Å². The summed E-state index contributed by atoms with van der Waals surface area (Å²) in [6, 6.07) is 5.48. The van der Waals surface area contributed by atoms with Crippen LogP contribution in [-0.2, 0) is 20.8 Å². The molecule has 2 aliphatic rings. The molecule has 0 radical (unpaired) electrons. The van der Waals surface area contributed by atoms with E-state index in [2.05, 4.69) is 10.6 Å². The largest absolute Gasteiger partial charge is 0.481 e. The third-order valence-corrected chi connectivity index (χ3v) is 4.43. The third kappa shape index (κ3) is 2.95. The number of anilines is 2. The molecule has 3 N–H and O–H groups in total. The smallest absolute Gasteiger partial charge is 0.306 e. The van der Waals surface area contributed by atoms with E-state index in [0.29, 0.717) is 37.8 Å². The number of hydrogen-bond acceptors (Lipinski definition) is 3. The number of hydrogen-bond donors (Lipinski definition) is 3. The van der Waals surface area contributed by atoms with Crippen LogP contribution in [0.15, 0.2) is 18.2 Å². The van der Waals surface area contributed by atoms with Crippen LogP contribution in [0.3, 0.4) is 0 Å². The van der Waals surface area contributed by atoms with Crippen LogP contribution in [0.5, 0.6) is 0 Å². The summed E-state index contributed by atoms with van der Waals surface area (Å²) in [4.78, 5) is 34.6. The summed E-state index contributed by atoms with van der Waals surface area (Å²) < 4.78 is 0. The van der Waals surface area contributed by atoms with Gasteiger partial charge in [0.15, 0.2) is 0 Å². The van der Waals surface area contributed by atoms with Gasteiger partial charge in [0.05, 0.1) is 5.92 Å². The summed E-state index contributed by atoms with van der Waals surface area (Å²) in [5.74, 6) is -1.67. The Kier molecular flexibility index (Phi) is 3.83. The predicted molar refractivity (Wildman–Crippen MR) is 80.5 cm³/mol. The number of amides is 2. The average Bonchev–Trinajstić information content (AvgIpc) is 2.97. The predicted octanol–water partition coefficient (Wildman–Crippen LogP) is 2.01. The average molecular weight is 302 g/mol. The molecular formula is C16H18N2O4. The normalized spacial score (nSPS) is 23.5. The highest BCUT2D eigenvalue weighted by atomic mass is 16.4. The van der Waals surface area contributed by atoms with Gasteiger partial charge in [-0.05, 0) is 43.4 Å². The summed E-state index contributed by atoms with van der Waals surface area (Å²) in [6.45, 7) is 0. The summed E-state index contributed by atoms with van der Waals surface area (Å²) in [7, 11) is 0. The molecule has 6 nitrogen and oxygen atoms in total. The van der Waals surface area contributed by atoms with Gasteiger partial charge in [-0.25, -0.2) is 0 Å². The first-order valence-corrected chi connectivity index (χ1v) is 7.49. The van der Waals surface area contributed by atoms with E-state index in [1.807, 2.05) is 12.1 Å². The number of aliphatic carboxylic acids is 1. The molecule has 6 heteroatoms. The number of benzene rings is 1. The van der Waals surface area contributed by atoms with E-state index in [0.717, 1.165) is 11.3 Å². The molecule has 0 saturated heterocycles. The molecule has 0 bridgehead atoms. The molecular weight excluding hydrogens is 284 g/mol. The molecule has 2 atom stereocenters. The molecule has 0 spiro atoms. The number of aryl methyl sites for hydroxylation is 1. The molecule has 2 amide bonds. The molecule has 1 aromatic rings. The maximum atomic E-state index is 12.2. The van der Waals surface area contributed by atoms with E-state index in [1.165, 1.54) is 0 Å². The van der Waals surface area contributed by atoms with Crippen molar-refractivity contribution < 1.29 is 19.5 Å². The number of fused-ring (bicyclic) bond motifs is 1. The molecule has 3 rings (SSSR count). The number of nitrogens with one attached hydrogen (secondary N) is 2. The Morgan fingerprint density at radius 3 is 2.68 bits per heavy atom. The van der Waals surface area contributed by atoms with E-state index in [4.69, 9.17) is 5.11 Å². The van der Waals surface area contributed by atoms with Crippen LogP contribution >= 0.6 is 0 Å². The van der Waals surface area contributed by atoms with Crippen LogP contribution in [0.4, 0.5) is 11.4 Å². The Labute approximate surface area is 127 Å². The zero-order chi connectivity index (χ0) is 15.7. The minimum Gasteiger partial charge on any atom is -0.481 e. The molecule has 1 fully saturated rings. The van der Waals surface area contributed by atoms with Gasteiger partial charge in [-0.3, -0.25) is 14.4 Å². The summed E-state index contributed by atoms with van der Waals surface area (Å²) >= 11 is 0. The van der Waals surface area contributed by atoms with Crippen molar-refractivity contribution in [3.8, 4) is 0 Å². The molecule has 0 aromatic heterocycles. The van der Waals surface area contributed by atoms with Gasteiger partial charge in [0.2, 0.25) is 11.8 Å². The first-order chi connectivity index (χ1) is 10.5. The van der Waals surface area contributed by atoms with E-state index < -0.39 is 11.9 Å². The van der Waals surface area contributed by atoms with Crippen molar-refractivity contribution >= 4 is 29.2 Å². The van der Waals surface area contributed by atoms with Crippen LogP contribution in [0.25, 0.3) is 0 Å². The topological polar surface area (TPSA) is 95.5 Å². The van der Waals surface area contributed by atoms with E-state index in [9.17, 15) is 14.4 Å². The highest BCUT2D eigenvalue weighted by molar-refractivity contribution is 5.97. The second kappa shape index (κ2) is 5.79. The second-order valence-corrected chi connectivity index (χ2v) is 5.95. The van der Waals surface area contributed by atoms with E-state index in [-0.39, 0.29) is 17.7 Å². The Bertz CT molecular complexity index is 641. The zero-order valence-corrected chi connectivity index (χ0v) is 12.1. The maximum absolute atomic E-state index is 12.2. The molecule has 1 aromatic carbocycles. The van der Waals surface area contributed by atoms with Crippen molar-refractivity contribution in [1.29, 1.82) is 0 Å². The van der Waals surface area contributed by atoms with Crippen molar-refractivity contribution in [3.63, 3.8) is 0 Å². The monoisotopic (exact) mass is 302 g/mol. The van der Waals surface area contributed by atoms with E-state index >= 15 is 0 Å². The molecule has 1 heterocycles. The Hall–Kier alpha value is -2.37. The maximum Gasteiger partial charge on any atom is 0.306 e. The fourth-order valence-electron chi connectivity index (χ4n) is 3.14. The quantitative estimate of drug-likeness (QED) is 0.796. The van der Waals surface area contributed by atoms with Gasteiger partial charge in [0, 0.05) is 23.7 Å². The third-order valence-electron chi connectivity index (χ3n) is 4.43. The van der Waals surface area contributed by atoms with Crippen molar-refractivity contribution in [2.45, 2.75) is 32.1 Å². The molecule has 1 saturated carbocycles. The molecule has 116 valence electrons. The van der Waals surface area contributed by atoms with Gasteiger partial charge in [0.25, 0.3) is 0 Å². The number of carboxylic acids is 1. The summed E-state index contributed by atoms with van der Waals surface area (Å²) in [5, 5.41) is 14.6. The summed E-state index contributed by atoms with van der Waals surface area (Å²) in [6.07, 6.45) is 2.73. The second-order valence-electron chi connectivity index (χ2n) is 5.95. The first kappa shape index (κ1) is 14.6. The van der Waals surface area contributed by atoms with Crippen molar-refractivity contribution in [3.05, 3.63) is 23.8 Å². The minimum absolute atomic E-state index is 0.0175. The van der Waals surface area contributed by atoms with Crippen LogP contribution in [0, 0.1) is 11.8 Å². The number of rotatable bonds is 3. The number of carboxylic acid groups (broad SMARTS) is 1. The van der Waals surface area contributed by atoms with Crippen molar-refractivity contribution in [2.75, 3.05) is 10.6 Å². The van der Waals surface area contributed by atoms with Crippen LogP contribution in [0.2, 0.25) is 0 Å². The molecule has 1 aliphatic heterocycles. The highest BCUT2D eigenvalue weighted by Gasteiger charge is 2.33. The minimum atomic E-state index is -0.827. The highest BCUT2D eigenvalue weighted by Crippen LogP contribution is 2.32. The van der Waals surface area contributed by atoms with Gasteiger partial charge >= 0.3 is 5.97 Å². The first-order valence-electron chi connectivity index (χ1n) is 7.49. The van der Waals surface area contributed by atoms with Gasteiger partial charge in [-0.15, -0.1) is 0 Å². The Morgan fingerprint density at radius 1 is 1.18 bits per heavy atom. The van der Waals surface area contributed by atoms with Crippen LogP contribution < -0.4 is 10.6 Å². The van der Waals surface area contributed by atoms with Crippen molar-refractivity contribution in [2.24, 2.45) is 11.8 Å². The zero-order valence-electron chi connectivity index (χ0n) is 12.1. The lowest BCUT2D eigenvalue weighted by Crippen LogP contribution is -2.22.